The first-order valence-electron chi connectivity index (χ1n) is 11.1. The number of rotatable bonds is 5. The van der Waals surface area contributed by atoms with E-state index < -0.39 is 17.6 Å². The lowest BCUT2D eigenvalue weighted by Gasteiger charge is -2.44. The smallest absolute Gasteiger partial charge is 0.471 e. The Bertz CT molecular complexity index is 1310. The summed E-state index contributed by atoms with van der Waals surface area (Å²) in [4.78, 5) is 21.6. The Kier molecular flexibility index (Phi) is 6.74. The van der Waals surface area contributed by atoms with Gasteiger partial charge in [0.25, 0.3) is 0 Å². The largest absolute Gasteiger partial charge is 0.495 e. The molecule has 0 atom stereocenters. The molecule has 1 aromatic heterocycles. The van der Waals surface area contributed by atoms with Crippen LogP contribution in [0.1, 0.15) is 30.5 Å². The SMILES string of the molecule is COc1cc2c(cc1Nc1ncc(Cl)c(Nc3ccccc3C)n1)CCN(C(=O)C(F)(F)F)C2(C)C. The Balaban J connectivity index is 1.65. The van der Waals surface area contributed by atoms with Crippen molar-refractivity contribution in [3.05, 3.63) is 64.3 Å². The van der Waals surface area contributed by atoms with Gasteiger partial charge in [-0.1, -0.05) is 29.8 Å². The molecule has 190 valence electrons. The van der Waals surface area contributed by atoms with Crippen molar-refractivity contribution in [2.45, 2.75) is 38.9 Å². The third-order valence-electron chi connectivity index (χ3n) is 6.24. The van der Waals surface area contributed by atoms with Crippen LogP contribution in [0.25, 0.3) is 0 Å². The van der Waals surface area contributed by atoms with Crippen molar-refractivity contribution < 1.29 is 22.7 Å². The average molecular weight is 520 g/mol. The zero-order valence-electron chi connectivity index (χ0n) is 20.1. The number of fused-ring (bicyclic) bond motifs is 1. The fourth-order valence-electron chi connectivity index (χ4n) is 4.31. The number of carbonyl (C=O) groups is 1. The van der Waals surface area contributed by atoms with Gasteiger partial charge in [-0.25, -0.2) is 4.98 Å². The van der Waals surface area contributed by atoms with Crippen LogP contribution >= 0.6 is 11.6 Å². The summed E-state index contributed by atoms with van der Waals surface area (Å²) in [6, 6.07) is 11.1. The molecule has 1 amide bonds. The average Bonchev–Trinajstić information content (AvgIpc) is 2.81. The number of ether oxygens (including phenoxy) is 1. The van der Waals surface area contributed by atoms with Crippen molar-refractivity contribution in [2.24, 2.45) is 0 Å². The molecular formula is C25H25ClF3N5O2. The lowest BCUT2D eigenvalue weighted by atomic mass is 9.82. The van der Waals surface area contributed by atoms with Crippen LogP contribution in [0, 0.1) is 6.92 Å². The van der Waals surface area contributed by atoms with Gasteiger partial charge in [0.2, 0.25) is 5.95 Å². The van der Waals surface area contributed by atoms with Gasteiger partial charge in [0, 0.05) is 12.2 Å². The first-order chi connectivity index (χ1) is 16.9. The summed E-state index contributed by atoms with van der Waals surface area (Å²) in [5.74, 6) is -0.835. The van der Waals surface area contributed by atoms with Crippen LogP contribution in [0.15, 0.2) is 42.6 Å². The number of benzene rings is 2. The van der Waals surface area contributed by atoms with Crippen molar-refractivity contribution in [1.82, 2.24) is 14.9 Å². The van der Waals surface area contributed by atoms with Gasteiger partial charge in [-0.05, 0) is 62.1 Å². The van der Waals surface area contributed by atoms with Crippen LogP contribution in [0.2, 0.25) is 5.02 Å². The summed E-state index contributed by atoms with van der Waals surface area (Å²) in [5, 5.41) is 6.65. The van der Waals surface area contributed by atoms with Crippen LogP contribution in [0.5, 0.6) is 5.75 Å². The van der Waals surface area contributed by atoms with Crippen molar-refractivity contribution >= 4 is 40.6 Å². The zero-order valence-corrected chi connectivity index (χ0v) is 20.9. The molecule has 36 heavy (non-hydrogen) atoms. The second-order valence-corrected chi connectivity index (χ2v) is 9.34. The van der Waals surface area contributed by atoms with Crippen LogP contribution < -0.4 is 15.4 Å². The van der Waals surface area contributed by atoms with Gasteiger partial charge >= 0.3 is 12.1 Å². The van der Waals surface area contributed by atoms with Crippen LogP contribution in [0.3, 0.4) is 0 Å². The van der Waals surface area contributed by atoms with E-state index in [0.29, 0.717) is 27.8 Å². The van der Waals surface area contributed by atoms with E-state index in [4.69, 9.17) is 16.3 Å². The molecule has 0 unspecified atom stereocenters. The number of hydrogen-bond donors (Lipinski definition) is 2. The summed E-state index contributed by atoms with van der Waals surface area (Å²) in [7, 11) is 1.45. The minimum Gasteiger partial charge on any atom is -0.495 e. The standard InChI is InChI=1S/C25H25ClF3N5O2/c1-14-7-5-6-8-18(14)31-21-17(26)13-30-23(33-21)32-19-11-15-9-10-34(22(35)25(27,28)29)24(2,3)16(15)12-20(19)36-4/h5-8,11-13H,9-10H2,1-4H3,(H2,30,31,32,33). The van der Waals surface area contributed by atoms with Crippen molar-refractivity contribution in [1.29, 1.82) is 0 Å². The number of nitrogens with one attached hydrogen (secondary N) is 2. The fourth-order valence-corrected chi connectivity index (χ4v) is 4.45. The number of aromatic nitrogens is 2. The van der Waals surface area contributed by atoms with Crippen LogP contribution in [0.4, 0.5) is 36.3 Å². The molecule has 2 N–H and O–H groups in total. The maximum absolute atomic E-state index is 13.2. The molecule has 2 heterocycles. The van der Waals surface area contributed by atoms with E-state index in [1.165, 1.54) is 13.3 Å². The second kappa shape index (κ2) is 9.50. The number of carbonyl (C=O) groups excluding carboxylic acids is 1. The zero-order chi connectivity index (χ0) is 26.3. The third-order valence-corrected chi connectivity index (χ3v) is 6.52. The number of nitrogens with zero attached hydrogens (tertiary/aromatic N) is 3. The Hall–Kier alpha value is -3.53. The molecule has 2 aromatic carbocycles. The van der Waals surface area contributed by atoms with Gasteiger partial charge in [0.1, 0.15) is 10.8 Å². The number of para-hydroxylation sites is 1. The van der Waals surface area contributed by atoms with Crippen LogP contribution in [-0.2, 0) is 16.8 Å². The predicted molar refractivity (Wildman–Crippen MR) is 132 cm³/mol. The molecule has 0 saturated heterocycles. The molecule has 0 aliphatic carbocycles. The molecular weight excluding hydrogens is 495 g/mol. The minimum absolute atomic E-state index is 0.0634. The molecule has 3 aromatic rings. The van der Waals surface area contributed by atoms with Gasteiger partial charge in [-0.2, -0.15) is 18.2 Å². The van der Waals surface area contributed by atoms with Gasteiger partial charge in [0.15, 0.2) is 5.82 Å². The number of alkyl halides is 3. The number of amides is 1. The molecule has 4 rings (SSSR count). The monoisotopic (exact) mass is 519 g/mol. The van der Waals surface area contributed by atoms with Crippen molar-refractivity contribution in [3.8, 4) is 5.75 Å². The quantitative estimate of drug-likeness (QED) is 0.423. The molecule has 0 fully saturated rings. The van der Waals surface area contributed by atoms with E-state index in [2.05, 4.69) is 20.6 Å². The van der Waals surface area contributed by atoms with Gasteiger partial charge < -0.3 is 20.3 Å². The predicted octanol–water partition coefficient (Wildman–Crippen LogP) is 6.12. The van der Waals surface area contributed by atoms with E-state index in [0.717, 1.165) is 21.7 Å². The first kappa shape index (κ1) is 25.6. The normalized spacial score (nSPS) is 14.7. The highest BCUT2D eigenvalue weighted by molar-refractivity contribution is 6.32. The fraction of sp³-hybridized carbons (Fsp3) is 0.320. The number of hydrogen-bond acceptors (Lipinski definition) is 6. The lowest BCUT2D eigenvalue weighted by molar-refractivity contribution is -0.191. The van der Waals surface area contributed by atoms with E-state index in [9.17, 15) is 18.0 Å². The molecule has 1 aliphatic heterocycles. The maximum Gasteiger partial charge on any atom is 0.471 e. The lowest BCUT2D eigenvalue weighted by Crippen LogP contribution is -2.54. The second-order valence-electron chi connectivity index (χ2n) is 8.93. The summed E-state index contributed by atoms with van der Waals surface area (Å²) >= 11 is 6.31. The third kappa shape index (κ3) is 4.90. The Morgan fingerprint density at radius 1 is 1.17 bits per heavy atom. The van der Waals surface area contributed by atoms with Crippen molar-refractivity contribution in [2.75, 3.05) is 24.3 Å². The number of halogens is 4. The minimum atomic E-state index is -4.95. The molecule has 0 spiro atoms. The number of methoxy groups -OCH3 is 1. The molecule has 1 aliphatic rings. The van der Waals surface area contributed by atoms with E-state index in [1.54, 1.807) is 26.0 Å². The molecule has 7 nitrogen and oxygen atoms in total. The summed E-state index contributed by atoms with van der Waals surface area (Å²) in [6.07, 6.45) is -3.23. The Labute approximate surface area is 211 Å². The number of aryl methyl sites for hydroxylation is 1. The first-order valence-corrected chi connectivity index (χ1v) is 11.5. The highest BCUT2D eigenvalue weighted by Crippen LogP contribution is 2.42. The van der Waals surface area contributed by atoms with E-state index >= 15 is 0 Å². The molecule has 11 heteroatoms. The van der Waals surface area contributed by atoms with E-state index in [-0.39, 0.29) is 18.9 Å². The topological polar surface area (TPSA) is 79.4 Å². The molecule has 0 bridgehead atoms. The number of anilines is 4. The Morgan fingerprint density at radius 3 is 2.56 bits per heavy atom. The highest BCUT2D eigenvalue weighted by atomic mass is 35.5. The van der Waals surface area contributed by atoms with Gasteiger partial charge in [-0.3, -0.25) is 4.79 Å². The van der Waals surface area contributed by atoms with Crippen LogP contribution in [-0.4, -0.2) is 40.6 Å². The maximum atomic E-state index is 13.2. The van der Waals surface area contributed by atoms with Crippen molar-refractivity contribution in [3.63, 3.8) is 0 Å². The highest BCUT2D eigenvalue weighted by Gasteiger charge is 2.49. The van der Waals surface area contributed by atoms with Gasteiger partial charge in [0.05, 0.1) is 24.5 Å². The summed E-state index contributed by atoms with van der Waals surface area (Å²) in [6.45, 7) is 5.07. The summed E-state index contributed by atoms with van der Waals surface area (Å²) in [5.41, 5.74) is 2.57. The molecule has 0 radical (unpaired) electrons. The van der Waals surface area contributed by atoms with E-state index in [1.807, 2.05) is 31.2 Å². The van der Waals surface area contributed by atoms with Gasteiger partial charge in [-0.15, -0.1) is 0 Å². The molecule has 0 saturated carbocycles. The Morgan fingerprint density at radius 2 is 1.89 bits per heavy atom. The summed E-state index contributed by atoms with van der Waals surface area (Å²) < 4.78 is 45.0.